The van der Waals surface area contributed by atoms with E-state index in [4.69, 9.17) is 24.0 Å². The number of rotatable bonds is 33. The highest BCUT2D eigenvalue weighted by Crippen LogP contribution is 2.36. The van der Waals surface area contributed by atoms with Gasteiger partial charge in [-0.05, 0) is 70.6 Å². The maximum atomic E-state index is 12.3. The molecule has 49 heavy (non-hydrogen) atoms. The van der Waals surface area contributed by atoms with Gasteiger partial charge in [-0.1, -0.05) is 120 Å². The van der Waals surface area contributed by atoms with Gasteiger partial charge in [0.15, 0.2) is 6.10 Å². The molecule has 1 fully saturated rings. The third kappa shape index (κ3) is 30.5. The molecule has 0 aromatic heterocycles. The molecular formula is C39H67O9P. The molecule has 1 heterocycles. The minimum absolute atomic E-state index is 0.184. The van der Waals surface area contributed by atoms with Gasteiger partial charge in [-0.15, -0.1) is 0 Å². The highest BCUT2D eigenvalue weighted by atomic mass is 31.2. The number of esters is 2. The number of hydrogen-bond acceptors (Lipinski definition) is 7. The second kappa shape index (κ2) is 30.8. The zero-order chi connectivity index (χ0) is 35.8. The Bertz CT molecular complexity index is 1000. The van der Waals surface area contributed by atoms with Crippen molar-refractivity contribution in [1.29, 1.82) is 0 Å². The van der Waals surface area contributed by atoms with Crippen LogP contribution in [0.2, 0.25) is 0 Å². The van der Waals surface area contributed by atoms with E-state index in [2.05, 4.69) is 60.9 Å². The molecule has 0 radical (unpaired) electrons. The van der Waals surface area contributed by atoms with Gasteiger partial charge in [-0.25, -0.2) is 4.57 Å². The van der Waals surface area contributed by atoms with Crippen LogP contribution < -0.4 is 0 Å². The zero-order valence-corrected chi connectivity index (χ0v) is 31.4. The standard InChI is InChI=1S/C39H67O9P/c1-3-5-7-8-9-10-11-12-13-18-21-24-28-32-39(41)47-35(34-46-49(42,43)44)33-45-38(40)31-27-23-20-17-15-14-16-19-22-26-30-37-36(48-37)29-25-6-4-2/h10-11,14,16-17,20,22,26,35-37H,3-9,12-13,15,18-19,21,23-25,27-34H2,1-2H3,(H2,42,43,44)/b11-10-,16-14-,20-17-,26-22-/t35-,36?,37?/m1/s1. The molecule has 0 spiro atoms. The molecular weight excluding hydrogens is 643 g/mol. The third-order valence-electron chi connectivity index (χ3n) is 8.24. The molecule has 1 rings (SSSR count). The molecule has 282 valence electrons. The van der Waals surface area contributed by atoms with Crippen LogP contribution in [0, 0.1) is 0 Å². The molecule has 0 aliphatic carbocycles. The predicted molar refractivity (Wildman–Crippen MR) is 197 cm³/mol. The minimum Gasteiger partial charge on any atom is -0.462 e. The first-order chi connectivity index (χ1) is 23.7. The van der Waals surface area contributed by atoms with Crippen molar-refractivity contribution in [2.45, 2.75) is 173 Å². The van der Waals surface area contributed by atoms with E-state index in [1.807, 2.05) is 6.08 Å². The second-order valence-electron chi connectivity index (χ2n) is 12.9. The van der Waals surface area contributed by atoms with Gasteiger partial charge < -0.3 is 24.0 Å². The van der Waals surface area contributed by atoms with Crippen LogP contribution in [0.5, 0.6) is 0 Å². The van der Waals surface area contributed by atoms with Gasteiger partial charge in [0.05, 0.1) is 18.8 Å². The summed E-state index contributed by atoms with van der Waals surface area (Å²) >= 11 is 0. The molecule has 0 bridgehead atoms. The molecule has 2 N–H and O–H groups in total. The Balaban J connectivity index is 2.14. The first kappa shape index (κ1) is 45.0. The maximum Gasteiger partial charge on any atom is 0.469 e. The summed E-state index contributed by atoms with van der Waals surface area (Å²) in [5, 5.41) is 0. The molecule has 0 saturated carbocycles. The summed E-state index contributed by atoms with van der Waals surface area (Å²) in [6, 6.07) is 0. The minimum atomic E-state index is -4.77. The van der Waals surface area contributed by atoms with Crippen LogP contribution in [0.25, 0.3) is 0 Å². The Morgan fingerprint density at radius 3 is 1.90 bits per heavy atom. The summed E-state index contributed by atoms with van der Waals surface area (Å²) < 4.78 is 31.9. The fraction of sp³-hybridized carbons (Fsp3) is 0.744. The Kier molecular flexibility index (Phi) is 28.2. The Hall–Kier alpha value is -2.03. The number of carbonyl (C=O) groups is 2. The number of carbonyl (C=O) groups excluding carboxylic acids is 2. The third-order valence-corrected chi connectivity index (χ3v) is 8.73. The van der Waals surface area contributed by atoms with Crippen molar-refractivity contribution in [3.8, 4) is 0 Å². The Morgan fingerprint density at radius 2 is 1.20 bits per heavy atom. The van der Waals surface area contributed by atoms with Crippen molar-refractivity contribution < 1.29 is 42.7 Å². The van der Waals surface area contributed by atoms with Gasteiger partial charge in [0.25, 0.3) is 0 Å². The zero-order valence-electron chi connectivity index (χ0n) is 30.5. The average molecular weight is 711 g/mol. The molecule has 9 nitrogen and oxygen atoms in total. The summed E-state index contributed by atoms with van der Waals surface area (Å²) in [7, 11) is -4.77. The molecule has 2 unspecified atom stereocenters. The van der Waals surface area contributed by atoms with Crippen molar-refractivity contribution in [2.24, 2.45) is 0 Å². The molecule has 1 aliphatic rings. The number of hydrogen-bond donors (Lipinski definition) is 2. The van der Waals surface area contributed by atoms with Crippen LogP contribution >= 0.6 is 7.82 Å². The van der Waals surface area contributed by atoms with Crippen molar-refractivity contribution >= 4 is 19.8 Å². The SMILES string of the molecule is CCCCCC/C=C\CCCCCCCC(=O)O[C@H](COC(=O)CCC/C=C\C/C=C\C/C=C\CC1OC1CCCCC)COP(=O)(O)O. The predicted octanol–water partition coefficient (Wildman–Crippen LogP) is 10.2. The number of phosphoric acid groups is 1. The van der Waals surface area contributed by atoms with Gasteiger partial charge in [0, 0.05) is 12.8 Å². The lowest BCUT2D eigenvalue weighted by Crippen LogP contribution is -2.29. The van der Waals surface area contributed by atoms with E-state index >= 15 is 0 Å². The van der Waals surface area contributed by atoms with Crippen molar-refractivity contribution in [2.75, 3.05) is 13.2 Å². The summed E-state index contributed by atoms with van der Waals surface area (Å²) in [5.41, 5.74) is 0. The molecule has 0 amide bonds. The highest BCUT2D eigenvalue weighted by molar-refractivity contribution is 7.46. The lowest BCUT2D eigenvalue weighted by atomic mass is 10.1. The van der Waals surface area contributed by atoms with E-state index in [0.29, 0.717) is 25.0 Å². The molecule has 1 saturated heterocycles. The molecule has 0 aromatic rings. The average Bonchev–Trinajstić information content (AvgIpc) is 3.82. The molecule has 10 heteroatoms. The lowest BCUT2D eigenvalue weighted by molar-refractivity contribution is -0.161. The fourth-order valence-electron chi connectivity index (χ4n) is 5.28. The smallest absolute Gasteiger partial charge is 0.462 e. The van der Waals surface area contributed by atoms with Crippen molar-refractivity contribution in [3.63, 3.8) is 0 Å². The van der Waals surface area contributed by atoms with Crippen LogP contribution in [-0.4, -0.2) is 53.3 Å². The van der Waals surface area contributed by atoms with E-state index in [9.17, 15) is 14.2 Å². The second-order valence-corrected chi connectivity index (χ2v) is 14.2. The molecule has 3 atom stereocenters. The Morgan fingerprint density at radius 1 is 0.653 bits per heavy atom. The van der Waals surface area contributed by atoms with Crippen LogP contribution in [0.1, 0.15) is 155 Å². The summed E-state index contributed by atoms with van der Waals surface area (Å²) in [4.78, 5) is 42.7. The monoisotopic (exact) mass is 710 g/mol. The van der Waals surface area contributed by atoms with Gasteiger partial charge in [0.2, 0.25) is 0 Å². The van der Waals surface area contributed by atoms with Crippen LogP contribution in [0.3, 0.4) is 0 Å². The summed E-state index contributed by atoms with van der Waals surface area (Å²) in [6.45, 7) is 3.56. The Labute approximate surface area is 297 Å². The van der Waals surface area contributed by atoms with Crippen molar-refractivity contribution in [1.82, 2.24) is 0 Å². The molecule has 0 aromatic carbocycles. The van der Waals surface area contributed by atoms with Crippen LogP contribution in [-0.2, 0) is 32.9 Å². The van der Waals surface area contributed by atoms with Gasteiger partial charge >= 0.3 is 19.8 Å². The number of allylic oxidation sites excluding steroid dienone is 7. The number of phosphoric ester groups is 1. The van der Waals surface area contributed by atoms with Crippen LogP contribution in [0.4, 0.5) is 0 Å². The largest absolute Gasteiger partial charge is 0.469 e. The highest BCUT2D eigenvalue weighted by Gasteiger charge is 2.36. The first-order valence-electron chi connectivity index (χ1n) is 19.1. The van der Waals surface area contributed by atoms with Gasteiger partial charge in [-0.3, -0.25) is 14.1 Å². The number of ether oxygens (including phenoxy) is 3. The summed E-state index contributed by atoms with van der Waals surface area (Å²) in [5.74, 6) is -0.969. The first-order valence-corrected chi connectivity index (χ1v) is 20.6. The normalized spacial score (nSPS) is 17.1. The fourth-order valence-corrected chi connectivity index (χ4v) is 5.64. The van der Waals surface area contributed by atoms with Crippen molar-refractivity contribution in [3.05, 3.63) is 48.6 Å². The maximum absolute atomic E-state index is 12.3. The van der Waals surface area contributed by atoms with E-state index in [1.165, 1.54) is 51.4 Å². The quantitative estimate of drug-likeness (QED) is 0.0224. The topological polar surface area (TPSA) is 132 Å². The summed E-state index contributed by atoms with van der Waals surface area (Å²) in [6.07, 6.45) is 38.7. The van der Waals surface area contributed by atoms with E-state index < -0.39 is 32.5 Å². The molecule has 1 aliphatic heterocycles. The van der Waals surface area contributed by atoms with Gasteiger partial charge in [0.1, 0.15) is 6.61 Å². The number of epoxide rings is 1. The van der Waals surface area contributed by atoms with E-state index in [0.717, 1.165) is 64.2 Å². The van der Waals surface area contributed by atoms with Gasteiger partial charge in [-0.2, -0.15) is 0 Å². The van der Waals surface area contributed by atoms with Crippen LogP contribution in [0.15, 0.2) is 48.6 Å². The lowest BCUT2D eigenvalue weighted by Gasteiger charge is -2.18. The van der Waals surface area contributed by atoms with E-state index in [1.54, 1.807) is 0 Å². The number of unbranched alkanes of at least 4 members (excludes halogenated alkanes) is 12. The van der Waals surface area contributed by atoms with E-state index in [-0.39, 0.29) is 19.4 Å².